The molecule has 0 N–H and O–H groups in total. The number of rotatable bonds is 3. The Morgan fingerprint density at radius 2 is 2.12 bits per heavy atom. The summed E-state index contributed by atoms with van der Waals surface area (Å²) >= 11 is 0. The third-order valence-corrected chi connectivity index (χ3v) is 4.18. The first kappa shape index (κ1) is 11.4. The predicted octanol–water partition coefficient (Wildman–Crippen LogP) is 2.60. The Bertz CT molecular complexity index is 317. The summed E-state index contributed by atoms with van der Waals surface area (Å²) in [6.07, 6.45) is 11.6. The molecule has 0 amide bonds. The minimum Gasteiger partial charge on any atom is -0.349 e. The van der Waals surface area contributed by atoms with E-state index in [9.17, 15) is 4.79 Å². The van der Waals surface area contributed by atoms with Gasteiger partial charge in [0.05, 0.1) is 12.2 Å². The zero-order chi connectivity index (χ0) is 11.7. The largest absolute Gasteiger partial charge is 0.349 e. The van der Waals surface area contributed by atoms with Crippen LogP contribution in [0.5, 0.6) is 0 Å². The molecule has 3 rings (SSSR count). The Hall–Kier alpha value is -0.670. The summed E-state index contributed by atoms with van der Waals surface area (Å²) in [5.41, 5.74) is 0.899. The summed E-state index contributed by atoms with van der Waals surface area (Å²) in [5, 5.41) is 0. The van der Waals surface area contributed by atoms with Crippen molar-refractivity contribution >= 4 is 6.29 Å². The van der Waals surface area contributed by atoms with Gasteiger partial charge in [-0.3, -0.25) is 4.79 Å². The van der Waals surface area contributed by atoms with Crippen molar-refractivity contribution in [2.24, 2.45) is 5.92 Å². The quantitative estimate of drug-likeness (QED) is 0.706. The molecule has 17 heavy (non-hydrogen) atoms. The summed E-state index contributed by atoms with van der Waals surface area (Å²) in [4.78, 5) is 10.7. The van der Waals surface area contributed by atoms with E-state index in [4.69, 9.17) is 9.47 Å². The maximum absolute atomic E-state index is 10.7. The van der Waals surface area contributed by atoms with Crippen molar-refractivity contribution in [3.05, 3.63) is 11.6 Å². The molecule has 2 aliphatic carbocycles. The van der Waals surface area contributed by atoms with Crippen LogP contribution in [0.3, 0.4) is 0 Å². The van der Waals surface area contributed by atoms with Gasteiger partial charge in [-0.2, -0.15) is 0 Å². The zero-order valence-electron chi connectivity index (χ0n) is 10.1. The molecular weight excluding hydrogens is 216 g/mol. The van der Waals surface area contributed by atoms with Gasteiger partial charge in [0.15, 0.2) is 6.29 Å². The molecule has 0 aromatic heterocycles. The first-order valence-electron chi connectivity index (χ1n) is 6.82. The maximum atomic E-state index is 10.7. The van der Waals surface area contributed by atoms with Crippen molar-refractivity contribution in [3.8, 4) is 0 Å². The van der Waals surface area contributed by atoms with Gasteiger partial charge in [0.2, 0.25) is 0 Å². The van der Waals surface area contributed by atoms with E-state index in [1.165, 1.54) is 32.1 Å². The highest BCUT2D eigenvalue weighted by Crippen LogP contribution is 2.38. The summed E-state index contributed by atoms with van der Waals surface area (Å²) in [7, 11) is 0. The van der Waals surface area contributed by atoms with Crippen LogP contribution in [0.2, 0.25) is 0 Å². The summed E-state index contributed by atoms with van der Waals surface area (Å²) in [6.45, 7) is 0. The first-order valence-corrected chi connectivity index (χ1v) is 6.82. The molecule has 1 heterocycles. The number of hydrogen-bond acceptors (Lipinski definition) is 3. The number of hydrogen-bond donors (Lipinski definition) is 0. The van der Waals surface area contributed by atoms with Crippen LogP contribution in [-0.2, 0) is 14.3 Å². The third-order valence-electron chi connectivity index (χ3n) is 4.18. The monoisotopic (exact) mass is 236 g/mol. The molecule has 2 unspecified atom stereocenters. The summed E-state index contributed by atoms with van der Waals surface area (Å²) < 4.78 is 11.9. The highest BCUT2D eigenvalue weighted by Gasteiger charge is 2.39. The van der Waals surface area contributed by atoms with Crippen LogP contribution in [0.15, 0.2) is 11.6 Å². The molecule has 2 fully saturated rings. The Labute approximate surface area is 102 Å². The Balaban J connectivity index is 1.51. The fourth-order valence-corrected chi connectivity index (χ4v) is 3.27. The summed E-state index contributed by atoms with van der Waals surface area (Å²) in [6, 6.07) is 0. The Kier molecular flexibility index (Phi) is 3.30. The van der Waals surface area contributed by atoms with Crippen LogP contribution in [0.1, 0.15) is 44.9 Å². The van der Waals surface area contributed by atoms with Crippen molar-refractivity contribution in [1.29, 1.82) is 0 Å². The van der Waals surface area contributed by atoms with Crippen molar-refractivity contribution in [3.63, 3.8) is 0 Å². The molecule has 0 spiro atoms. The fourth-order valence-electron chi connectivity index (χ4n) is 3.27. The van der Waals surface area contributed by atoms with Gasteiger partial charge in [-0.15, -0.1) is 0 Å². The molecule has 1 saturated heterocycles. The SMILES string of the molecule is O=CC1=CC2CC(OC3CCCCC3)O[C@H]2C1. The lowest BCUT2D eigenvalue weighted by molar-refractivity contribution is -0.167. The van der Waals surface area contributed by atoms with Gasteiger partial charge in [0.25, 0.3) is 0 Å². The van der Waals surface area contributed by atoms with Crippen LogP contribution in [0, 0.1) is 5.92 Å². The molecule has 0 bridgehead atoms. The van der Waals surface area contributed by atoms with Gasteiger partial charge in [0.1, 0.15) is 6.29 Å². The third kappa shape index (κ3) is 2.45. The molecule has 0 radical (unpaired) electrons. The van der Waals surface area contributed by atoms with Crippen LogP contribution in [-0.4, -0.2) is 24.8 Å². The van der Waals surface area contributed by atoms with Crippen LogP contribution >= 0.6 is 0 Å². The molecule has 3 atom stereocenters. The Morgan fingerprint density at radius 1 is 1.29 bits per heavy atom. The van der Waals surface area contributed by atoms with Crippen molar-refractivity contribution in [2.45, 2.75) is 63.4 Å². The van der Waals surface area contributed by atoms with E-state index in [-0.39, 0.29) is 12.4 Å². The molecular formula is C14H20O3. The average Bonchev–Trinajstić information content (AvgIpc) is 2.87. The molecule has 1 aliphatic heterocycles. The van der Waals surface area contributed by atoms with Crippen LogP contribution in [0.4, 0.5) is 0 Å². The van der Waals surface area contributed by atoms with Crippen LogP contribution in [0.25, 0.3) is 0 Å². The molecule has 0 aromatic rings. The van der Waals surface area contributed by atoms with E-state index in [0.29, 0.717) is 12.0 Å². The van der Waals surface area contributed by atoms with Gasteiger partial charge in [-0.1, -0.05) is 25.3 Å². The fraction of sp³-hybridized carbons (Fsp3) is 0.786. The maximum Gasteiger partial charge on any atom is 0.159 e. The highest BCUT2D eigenvalue weighted by atomic mass is 16.7. The smallest absolute Gasteiger partial charge is 0.159 e. The van der Waals surface area contributed by atoms with E-state index in [0.717, 1.165) is 24.7 Å². The molecule has 3 nitrogen and oxygen atoms in total. The topological polar surface area (TPSA) is 35.5 Å². The normalized spacial score (nSPS) is 37.9. The number of fused-ring (bicyclic) bond motifs is 1. The van der Waals surface area contributed by atoms with Crippen molar-refractivity contribution in [2.75, 3.05) is 0 Å². The van der Waals surface area contributed by atoms with Crippen molar-refractivity contribution in [1.82, 2.24) is 0 Å². The van der Waals surface area contributed by atoms with E-state index >= 15 is 0 Å². The lowest BCUT2D eigenvalue weighted by Gasteiger charge is -2.25. The zero-order valence-corrected chi connectivity index (χ0v) is 10.1. The van der Waals surface area contributed by atoms with E-state index in [1.807, 2.05) is 0 Å². The van der Waals surface area contributed by atoms with Crippen molar-refractivity contribution < 1.29 is 14.3 Å². The van der Waals surface area contributed by atoms with Gasteiger partial charge in [-0.05, 0) is 18.4 Å². The van der Waals surface area contributed by atoms with Gasteiger partial charge >= 0.3 is 0 Å². The highest BCUT2D eigenvalue weighted by molar-refractivity contribution is 5.74. The van der Waals surface area contributed by atoms with E-state index in [2.05, 4.69) is 6.08 Å². The Morgan fingerprint density at radius 3 is 2.82 bits per heavy atom. The van der Waals surface area contributed by atoms with E-state index < -0.39 is 0 Å². The minimum atomic E-state index is -0.0300. The first-order chi connectivity index (χ1) is 8.35. The number of carbonyl (C=O) groups excluding carboxylic acids is 1. The van der Waals surface area contributed by atoms with Gasteiger partial charge < -0.3 is 9.47 Å². The lowest BCUT2D eigenvalue weighted by Crippen LogP contribution is -2.24. The molecule has 0 aromatic carbocycles. The number of carbonyl (C=O) groups is 1. The average molecular weight is 236 g/mol. The lowest BCUT2D eigenvalue weighted by atomic mass is 9.97. The second kappa shape index (κ2) is 4.91. The van der Waals surface area contributed by atoms with Crippen LogP contribution < -0.4 is 0 Å². The number of ether oxygens (including phenoxy) is 2. The number of aldehydes is 1. The predicted molar refractivity (Wildman–Crippen MR) is 63.5 cm³/mol. The summed E-state index contributed by atoms with van der Waals surface area (Å²) in [5.74, 6) is 0.406. The van der Waals surface area contributed by atoms with Gasteiger partial charge in [0, 0.05) is 18.8 Å². The minimum absolute atomic E-state index is 0.0300. The molecule has 3 aliphatic rings. The second-order valence-corrected chi connectivity index (χ2v) is 5.46. The molecule has 94 valence electrons. The molecule has 3 heteroatoms. The van der Waals surface area contributed by atoms with E-state index in [1.54, 1.807) is 0 Å². The second-order valence-electron chi connectivity index (χ2n) is 5.46. The molecule has 1 saturated carbocycles. The van der Waals surface area contributed by atoms with Gasteiger partial charge in [-0.25, -0.2) is 0 Å². The standard InChI is InChI=1S/C14H20O3/c15-9-10-6-11-8-14(17-13(11)7-10)16-12-4-2-1-3-5-12/h6,9,11-14H,1-5,7-8H2/t11?,13-,14?/m0/s1.